The van der Waals surface area contributed by atoms with Crippen LogP contribution in [0.25, 0.3) is 0 Å². The zero-order chi connectivity index (χ0) is 41.6. The first kappa shape index (κ1) is 54.6. The van der Waals surface area contributed by atoms with Crippen LogP contribution in [-0.4, -0.2) is 175 Å². The highest BCUT2D eigenvalue weighted by atomic mass is 33.1. The van der Waals surface area contributed by atoms with Crippen LogP contribution in [0.2, 0.25) is 0 Å². The number of hydrogen-bond donors (Lipinski definition) is 10. The molecule has 0 aromatic carbocycles. The van der Waals surface area contributed by atoms with Crippen molar-refractivity contribution in [1.29, 1.82) is 0 Å². The molecule has 2 heterocycles. The molecule has 10 N–H and O–H groups in total. The quantitative estimate of drug-likeness (QED) is 0.0445. The normalized spacial score (nSPS) is 13.3. The number of carboxylic acids is 8. The van der Waals surface area contributed by atoms with Gasteiger partial charge in [-0.25, -0.2) is 38.4 Å². The minimum Gasteiger partial charge on any atom is -0.473 e. The molecule has 314 valence electrons. The van der Waals surface area contributed by atoms with Crippen LogP contribution in [0.5, 0.6) is 0 Å². The average molecular weight is 819 g/mol. The number of hydrogen-bond acceptors (Lipinski definition) is 14. The second-order valence-corrected chi connectivity index (χ2v) is 14.2. The van der Waals surface area contributed by atoms with Crippen molar-refractivity contribution in [3.63, 3.8) is 0 Å². The van der Waals surface area contributed by atoms with Crippen molar-refractivity contribution in [2.24, 2.45) is 0 Å². The molecule has 20 nitrogen and oxygen atoms in total. The number of aliphatic carboxylic acids is 8. The smallest absolute Gasteiger partial charge is 0.414 e. The number of nitrogens with one attached hydrogen (secondary N) is 2. The van der Waals surface area contributed by atoms with Gasteiger partial charge in [0.05, 0.1) is 0 Å². The molecule has 0 spiro atoms. The molecule has 0 amide bonds. The third-order valence-corrected chi connectivity index (χ3v) is 9.50. The minimum atomic E-state index is -1.82. The lowest BCUT2D eigenvalue weighted by atomic mass is 10.2. The second kappa shape index (κ2) is 39.0. The number of nitrogens with zero attached hydrogens (tertiary/aromatic N) is 2. The van der Waals surface area contributed by atoms with Crippen molar-refractivity contribution < 1.29 is 79.2 Å². The fourth-order valence-corrected chi connectivity index (χ4v) is 6.38. The molecule has 2 fully saturated rings. The van der Waals surface area contributed by atoms with Gasteiger partial charge in [0.25, 0.3) is 0 Å². The lowest BCUT2D eigenvalue weighted by Crippen LogP contribution is -2.21. The summed E-state index contributed by atoms with van der Waals surface area (Å²) in [4.78, 5) is 78.1. The summed E-state index contributed by atoms with van der Waals surface area (Å²) in [5.74, 6) is -12.1. The van der Waals surface area contributed by atoms with E-state index in [1.807, 2.05) is 21.6 Å². The molecular formula is C32H58N4O16S2. The Morgan fingerprint density at radius 2 is 0.611 bits per heavy atom. The molecule has 0 saturated carbocycles. The maximum Gasteiger partial charge on any atom is 0.414 e. The number of carboxylic acid groups (broad SMARTS) is 8. The van der Waals surface area contributed by atoms with Gasteiger partial charge in [-0.3, -0.25) is 0 Å². The maximum absolute atomic E-state index is 9.10. The zero-order valence-corrected chi connectivity index (χ0v) is 32.2. The molecule has 0 aromatic rings. The Bertz CT molecular complexity index is 897. The van der Waals surface area contributed by atoms with Crippen molar-refractivity contribution in [2.75, 3.05) is 77.0 Å². The molecule has 54 heavy (non-hydrogen) atoms. The van der Waals surface area contributed by atoms with Crippen LogP contribution in [0.4, 0.5) is 0 Å². The number of rotatable bonds is 21. The van der Waals surface area contributed by atoms with E-state index in [-0.39, 0.29) is 0 Å². The monoisotopic (exact) mass is 818 g/mol. The zero-order valence-electron chi connectivity index (χ0n) is 30.5. The standard InChI is InChI=1S/C24H50N4S2.4C2H2O4/c1(3-7-17-27-19-9-10-20-27)5-13-25-15-23-29-30-24-16-26-14-6-2-4-8-18-28-21-11-12-22-28;4*3-1(4)2(5)6/h25-26H,1-24H2;4*(H,3,4)(H,5,6). The van der Waals surface area contributed by atoms with Crippen LogP contribution in [-0.2, 0) is 38.4 Å². The molecule has 0 bridgehead atoms. The second-order valence-electron chi connectivity index (χ2n) is 11.5. The van der Waals surface area contributed by atoms with Gasteiger partial charge in [-0.15, -0.1) is 0 Å². The summed E-state index contributed by atoms with van der Waals surface area (Å²) in [6.07, 6.45) is 16.8. The lowest BCUT2D eigenvalue weighted by Gasteiger charge is -2.13. The highest BCUT2D eigenvalue weighted by Gasteiger charge is 2.11. The lowest BCUT2D eigenvalue weighted by molar-refractivity contribution is -0.159. The van der Waals surface area contributed by atoms with Crippen molar-refractivity contribution in [1.82, 2.24) is 20.4 Å². The Kier molecular flexibility index (Phi) is 39.5. The van der Waals surface area contributed by atoms with Crippen molar-refractivity contribution >= 4 is 69.3 Å². The molecule has 0 unspecified atom stereocenters. The fraction of sp³-hybridized carbons (Fsp3) is 0.750. The summed E-state index contributed by atoms with van der Waals surface area (Å²) in [6.45, 7) is 12.8. The van der Waals surface area contributed by atoms with Gasteiger partial charge in [0.2, 0.25) is 0 Å². The first-order valence-corrected chi connectivity index (χ1v) is 20.0. The highest BCUT2D eigenvalue weighted by Crippen LogP contribution is 2.19. The van der Waals surface area contributed by atoms with E-state index in [0.717, 1.165) is 13.1 Å². The Morgan fingerprint density at radius 1 is 0.370 bits per heavy atom. The molecule has 0 aliphatic carbocycles. The fourth-order valence-electron chi connectivity index (χ4n) is 4.49. The summed E-state index contributed by atoms with van der Waals surface area (Å²) in [7, 11) is 4.06. The van der Waals surface area contributed by atoms with Crippen LogP contribution in [0.3, 0.4) is 0 Å². The van der Waals surface area contributed by atoms with Crippen molar-refractivity contribution in [2.45, 2.75) is 77.0 Å². The van der Waals surface area contributed by atoms with Crippen LogP contribution in [0.15, 0.2) is 0 Å². The van der Waals surface area contributed by atoms with E-state index >= 15 is 0 Å². The van der Waals surface area contributed by atoms with E-state index in [4.69, 9.17) is 79.2 Å². The predicted octanol–water partition coefficient (Wildman–Crippen LogP) is 1.48. The Balaban J connectivity index is -0.000000871. The molecule has 0 radical (unpaired) electrons. The summed E-state index contributed by atoms with van der Waals surface area (Å²) in [6, 6.07) is 0. The third-order valence-electron chi connectivity index (χ3n) is 7.09. The number of likely N-dealkylation sites (tertiary alicyclic amines) is 2. The topological polar surface area (TPSA) is 329 Å². The summed E-state index contributed by atoms with van der Waals surface area (Å²) in [5.41, 5.74) is 0. The predicted molar refractivity (Wildman–Crippen MR) is 200 cm³/mol. The van der Waals surface area contributed by atoms with Crippen molar-refractivity contribution in [3.05, 3.63) is 0 Å². The highest BCUT2D eigenvalue weighted by molar-refractivity contribution is 8.76. The van der Waals surface area contributed by atoms with Gasteiger partial charge in [-0.2, -0.15) is 0 Å². The Morgan fingerprint density at radius 3 is 0.852 bits per heavy atom. The first-order valence-electron chi connectivity index (χ1n) is 17.5. The largest absolute Gasteiger partial charge is 0.473 e. The molecule has 2 aliphatic rings. The van der Waals surface area contributed by atoms with Crippen LogP contribution < -0.4 is 10.6 Å². The van der Waals surface area contributed by atoms with E-state index < -0.39 is 47.8 Å². The van der Waals surface area contributed by atoms with Gasteiger partial charge in [-0.05, 0) is 104 Å². The summed E-state index contributed by atoms with van der Waals surface area (Å²) >= 11 is 0. The van der Waals surface area contributed by atoms with Gasteiger partial charge >= 0.3 is 47.8 Å². The van der Waals surface area contributed by atoms with Gasteiger partial charge < -0.3 is 61.3 Å². The van der Waals surface area contributed by atoms with E-state index in [1.165, 1.54) is 141 Å². The molecular weight excluding hydrogens is 760 g/mol. The number of carbonyl (C=O) groups is 8. The minimum absolute atomic E-state index is 1.16. The third kappa shape index (κ3) is 44.5. The molecule has 0 atom stereocenters. The molecule has 0 aromatic heterocycles. The maximum atomic E-state index is 9.10. The van der Waals surface area contributed by atoms with E-state index in [1.54, 1.807) is 0 Å². The summed E-state index contributed by atoms with van der Waals surface area (Å²) < 4.78 is 0. The molecule has 2 saturated heterocycles. The Labute approximate surface area is 322 Å². The van der Waals surface area contributed by atoms with E-state index in [0.29, 0.717) is 0 Å². The van der Waals surface area contributed by atoms with Gasteiger partial charge in [-0.1, -0.05) is 47.3 Å². The van der Waals surface area contributed by atoms with Gasteiger partial charge in [0.15, 0.2) is 0 Å². The molecule has 2 rings (SSSR count). The molecule has 22 heteroatoms. The van der Waals surface area contributed by atoms with Crippen LogP contribution in [0, 0.1) is 0 Å². The van der Waals surface area contributed by atoms with Crippen LogP contribution in [0.1, 0.15) is 77.0 Å². The van der Waals surface area contributed by atoms with E-state index in [9.17, 15) is 0 Å². The molecule has 2 aliphatic heterocycles. The SMILES string of the molecule is C(CCCN1CCCC1)CCNCCSSCCNCCCCCCN1CCCC1.O=C(O)C(=O)O.O=C(O)C(=O)O.O=C(O)C(=O)O.O=C(O)C(=O)O. The summed E-state index contributed by atoms with van der Waals surface area (Å²) in [5, 5.41) is 66.3. The first-order chi connectivity index (χ1) is 25.5. The number of unbranched alkanes of at least 4 members (excludes halogenated alkanes) is 6. The van der Waals surface area contributed by atoms with Gasteiger partial charge in [0.1, 0.15) is 0 Å². The van der Waals surface area contributed by atoms with Gasteiger partial charge in [0, 0.05) is 24.6 Å². The van der Waals surface area contributed by atoms with E-state index in [2.05, 4.69) is 20.4 Å². The average Bonchev–Trinajstić information content (AvgIpc) is 3.83. The van der Waals surface area contributed by atoms with Crippen LogP contribution >= 0.6 is 21.6 Å². The Hall–Kier alpha value is -3.70. The van der Waals surface area contributed by atoms with Crippen molar-refractivity contribution in [3.8, 4) is 0 Å².